The summed E-state index contributed by atoms with van der Waals surface area (Å²) in [5, 5.41) is 0. The molecule has 1 spiro atoms. The van der Waals surface area contributed by atoms with E-state index in [0.717, 1.165) is 18.8 Å². The molecule has 0 aromatic heterocycles. The van der Waals surface area contributed by atoms with Crippen molar-refractivity contribution >= 4 is 5.97 Å². The van der Waals surface area contributed by atoms with E-state index in [1.165, 1.54) is 6.42 Å². The third kappa shape index (κ3) is 1.01. The number of ether oxygens (including phenoxy) is 1. The van der Waals surface area contributed by atoms with Crippen LogP contribution in [0.15, 0.2) is 12.2 Å². The Labute approximate surface area is 97.1 Å². The third-order valence-electron chi connectivity index (χ3n) is 5.67. The average molecular weight is 220 g/mol. The first kappa shape index (κ1) is 10.4. The summed E-state index contributed by atoms with van der Waals surface area (Å²) in [4.78, 5) is 11.6. The van der Waals surface area contributed by atoms with E-state index < -0.39 is 0 Å². The van der Waals surface area contributed by atoms with E-state index >= 15 is 0 Å². The molecule has 0 radical (unpaired) electrons. The molecule has 2 nitrogen and oxygen atoms in total. The highest BCUT2D eigenvalue weighted by molar-refractivity contribution is 5.90. The lowest BCUT2D eigenvalue weighted by Gasteiger charge is -2.64. The molecule has 3 saturated carbocycles. The Balaban J connectivity index is 1.91. The predicted octanol–water partition coefficient (Wildman–Crippen LogP) is 2.93. The lowest BCUT2D eigenvalue weighted by molar-refractivity contribution is -0.211. The highest BCUT2D eigenvalue weighted by atomic mass is 16.6. The van der Waals surface area contributed by atoms with Crippen LogP contribution in [0, 0.1) is 23.2 Å². The van der Waals surface area contributed by atoms with Gasteiger partial charge in [-0.25, -0.2) is 4.79 Å². The number of hydrogen-bond acceptors (Lipinski definition) is 2. The maximum atomic E-state index is 11.6. The van der Waals surface area contributed by atoms with Crippen molar-refractivity contribution in [2.75, 3.05) is 0 Å². The van der Waals surface area contributed by atoms with Crippen LogP contribution in [-0.4, -0.2) is 11.6 Å². The molecule has 0 aromatic carbocycles. The molecule has 16 heavy (non-hydrogen) atoms. The lowest BCUT2D eigenvalue weighted by atomic mass is 9.42. The molecule has 0 amide bonds. The van der Waals surface area contributed by atoms with Crippen LogP contribution in [0.25, 0.3) is 0 Å². The average Bonchev–Trinajstić information content (AvgIpc) is 2.47. The Morgan fingerprint density at radius 3 is 2.56 bits per heavy atom. The molecule has 3 aliphatic carbocycles. The zero-order chi connectivity index (χ0) is 11.7. The largest absolute Gasteiger partial charge is 0.455 e. The molecule has 2 bridgehead atoms. The molecule has 1 aliphatic heterocycles. The Morgan fingerprint density at radius 2 is 2.12 bits per heavy atom. The molecular formula is C14H20O2. The van der Waals surface area contributed by atoms with Crippen molar-refractivity contribution < 1.29 is 9.53 Å². The van der Waals surface area contributed by atoms with Crippen LogP contribution >= 0.6 is 0 Å². The first-order valence-corrected chi connectivity index (χ1v) is 6.28. The molecule has 1 heterocycles. The minimum absolute atomic E-state index is 0.161. The first-order valence-electron chi connectivity index (χ1n) is 6.28. The van der Waals surface area contributed by atoms with E-state index in [2.05, 4.69) is 27.4 Å². The maximum absolute atomic E-state index is 11.6. The Kier molecular flexibility index (Phi) is 1.76. The van der Waals surface area contributed by atoms with Gasteiger partial charge in [-0.2, -0.15) is 0 Å². The van der Waals surface area contributed by atoms with Gasteiger partial charge in [0.15, 0.2) is 0 Å². The van der Waals surface area contributed by atoms with Crippen molar-refractivity contribution in [1.82, 2.24) is 0 Å². The minimum atomic E-state index is -0.197. The van der Waals surface area contributed by atoms with Crippen LogP contribution < -0.4 is 0 Å². The van der Waals surface area contributed by atoms with Crippen LogP contribution in [0.2, 0.25) is 0 Å². The van der Waals surface area contributed by atoms with Gasteiger partial charge in [0, 0.05) is 12.0 Å². The van der Waals surface area contributed by atoms with Crippen molar-refractivity contribution in [3.63, 3.8) is 0 Å². The van der Waals surface area contributed by atoms with Crippen LogP contribution in [0.1, 0.15) is 40.0 Å². The van der Waals surface area contributed by atoms with Crippen LogP contribution in [-0.2, 0) is 9.53 Å². The molecule has 1 saturated heterocycles. The predicted molar refractivity (Wildman–Crippen MR) is 61.7 cm³/mol. The summed E-state index contributed by atoms with van der Waals surface area (Å²) in [6.45, 7) is 10.8. The Hall–Kier alpha value is -0.790. The SMILES string of the molecule is C=C1CC2(CC3CC(C2C)C3(C)C)OC1=O. The quantitative estimate of drug-likeness (QED) is 0.463. The summed E-state index contributed by atoms with van der Waals surface area (Å²) in [7, 11) is 0. The Morgan fingerprint density at radius 1 is 1.44 bits per heavy atom. The fourth-order valence-electron chi connectivity index (χ4n) is 4.31. The normalized spacial score (nSPS) is 49.1. The number of carbonyl (C=O) groups is 1. The van der Waals surface area contributed by atoms with Crippen LogP contribution in [0.5, 0.6) is 0 Å². The van der Waals surface area contributed by atoms with Gasteiger partial charge >= 0.3 is 5.97 Å². The van der Waals surface area contributed by atoms with E-state index in [-0.39, 0.29) is 11.6 Å². The summed E-state index contributed by atoms with van der Waals surface area (Å²) in [5.41, 5.74) is 0.920. The summed E-state index contributed by atoms with van der Waals surface area (Å²) < 4.78 is 5.67. The second kappa shape index (κ2) is 2.72. The summed E-state index contributed by atoms with van der Waals surface area (Å²) in [6.07, 6.45) is 3.12. The third-order valence-corrected chi connectivity index (χ3v) is 5.67. The van der Waals surface area contributed by atoms with Crippen molar-refractivity contribution in [2.24, 2.45) is 23.2 Å². The molecule has 88 valence electrons. The van der Waals surface area contributed by atoms with Gasteiger partial charge in [0.25, 0.3) is 0 Å². The zero-order valence-corrected chi connectivity index (χ0v) is 10.4. The van der Waals surface area contributed by atoms with Crippen LogP contribution in [0.4, 0.5) is 0 Å². The van der Waals surface area contributed by atoms with Gasteiger partial charge in [0.05, 0.1) is 0 Å². The molecular weight excluding hydrogens is 200 g/mol. The van der Waals surface area contributed by atoms with Crippen molar-refractivity contribution in [1.29, 1.82) is 0 Å². The lowest BCUT2D eigenvalue weighted by Crippen LogP contribution is -2.62. The van der Waals surface area contributed by atoms with E-state index in [1.807, 2.05) is 0 Å². The summed E-state index contributed by atoms with van der Waals surface area (Å²) >= 11 is 0. The van der Waals surface area contributed by atoms with Crippen molar-refractivity contribution in [3.8, 4) is 0 Å². The van der Waals surface area contributed by atoms with E-state index in [0.29, 0.717) is 22.8 Å². The number of carbonyl (C=O) groups excluding carboxylic acids is 1. The zero-order valence-electron chi connectivity index (χ0n) is 10.4. The molecule has 4 rings (SSSR count). The molecule has 4 unspecified atom stereocenters. The monoisotopic (exact) mass is 220 g/mol. The number of hydrogen-bond donors (Lipinski definition) is 0. The van der Waals surface area contributed by atoms with Gasteiger partial charge in [-0.3, -0.25) is 0 Å². The second-order valence-electron chi connectivity index (χ2n) is 6.59. The number of esters is 1. The fourth-order valence-corrected chi connectivity index (χ4v) is 4.31. The number of rotatable bonds is 0. The van der Waals surface area contributed by atoms with E-state index in [1.54, 1.807) is 0 Å². The fraction of sp³-hybridized carbons (Fsp3) is 0.786. The van der Waals surface area contributed by atoms with Gasteiger partial charge < -0.3 is 4.74 Å². The van der Waals surface area contributed by atoms with Crippen molar-refractivity contribution in [3.05, 3.63) is 12.2 Å². The molecule has 0 N–H and O–H groups in total. The van der Waals surface area contributed by atoms with E-state index in [4.69, 9.17) is 4.74 Å². The molecule has 4 fully saturated rings. The minimum Gasteiger partial charge on any atom is -0.455 e. The standard InChI is InChI=1S/C14H20O2/c1-8-6-14(16-12(8)15)7-10-5-11(9(14)2)13(10,3)4/h9-11H,1,5-7H2,2-4H3. The van der Waals surface area contributed by atoms with Gasteiger partial charge in [-0.1, -0.05) is 27.4 Å². The first-order chi connectivity index (χ1) is 7.37. The van der Waals surface area contributed by atoms with Gasteiger partial charge in [0.2, 0.25) is 0 Å². The van der Waals surface area contributed by atoms with Gasteiger partial charge in [-0.15, -0.1) is 0 Å². The Bertz CT molecular complexity index is 364. The molecule has 4 aliphatic rings. The molecule has 2 heteroatoms. The van der Waals surface area contributed by atoms with Crippen molar-refractivity contribution in [2.45, 2.75) is 45.6 Å². The topological polar surface area (TPSA) is 26.3 Å². The summed E-state index contributed by atoms with van der Waals surface area (Å²) in [5.74, 6) is 1.76. The second-order valence-corrected chi connectivity index (χ2v) is 6.59. The molecule has 0 aromatic rings. The summed E-state index contributed by atoms with van der Waals surface area (Å²) in [6, 6.07) is 0. The van der Waals surface area contributed by atoms with E-state index in [9.17, 15) is 4.79 Å². The highest BCUT2D eigenvalue weighted by Gasteiger charge is 2.64. The smallest absolute Gasteiger partial charge is 0.334 e. The van der Waals surface area contributed by atoms with Crippen LogP contribution in [0.3, 0.4) is 0 Å². The van der Waals surface area contributed by atoms with Gasteiger partial charge in [-0.05, 0) is 36.0 Å². The highest BCUT2D eigenvalue weighted by Crippen LogP contribution is 2.66. The van der Waals surface area contributed by atoms with Gasteiger partial charge in [0.1, 0.15) is 5.60 Å². The maximum Gasteiger partial charge on any atom is 0.334 e. The molecule has 4 atom stereocenters.